The minimum atomic E-state index is 0.297. The van der Waals surface area contributed by atoms with Gasteiger partial charge in [0.2, 0.25) is 5.91 Å². The van der Waals surface area contributed by atoms with Crippen molar-refractivity contribution in [1.82, 2.24) is 9.80 Å². The molecule has 0 aliphatic carbocycles. The summed E-state index contributed by atoms with van der Waals surface area (Å²) in [4.78, 5) is 17.3. The molecule has 2 rings (SSSR count). The number of carbonyl (C=O) groups is 1. The highest BCUT2D eigenvalue weighted by Gasteiger charge is 2.31. The van der Waals surface area contributed by atoms with Crippen molar-refractivity contribution in [3.63, 3.8) is 0 Å². The first-order chi connectivity index (χ1) is 9.11. The van der Waals surface area contributed by atoms with Gasteiger partial charge in [-0.05, 0) is 58.5 Å². The first-order valence-electron chi connectivity index (χ1n) is 8.14. The lowest BCUT2D eigenvalue weighted by Crippen LogP contribution is -2.47. The first-order valence-corrected chi connectivity index (χ1v) is 8.14. The van der Waals surface area contributed by atoms with Crippen molar-refractivity contribution in [3.8, 4) is 0 Å². The maximum absolute atomic E-state index is 12.6. The maximum atomic E-state index is 12.6. The Morgan fingerprint density at radius 2 is 1.84 bits per heavy atom. The van der Waals surface area contributed by atoms with Crippen LogP contribution in [0.5, 0.6) is 0 Å². The summed E-state index contributed by atoms with van der Waals surface area (Å²) in [7, 11) is 0. The fourth-order valence-electron chi connectivity index (χ4n) is 3.52. The van der Waals surface area contributed by atoms with Crippen molar-refractivity contribution in [1.29, 1.82) is 0 Å². The Morgan fingerprint density at radius 1 is 1.16 bits per heavy atom. The molecule has 0 saturated carbocycles. The van der Waals surface area contributed by atoms with E-state index in [0.29, 0.717) is 17.9 Å². The number of hydrogen-bond acceptors (Lipinski definition) is 2. The molecule has 3 heteroatoms. The number of rotatable bonds is 3. The SMILES string of the molecule is CCC1CCCN(C(=O)C2CCN(C(C)C)CC2)C1. The summed E-state index contributed by atoms with van der Waals surface area (Å²) < 4.78 is 0. The largest absolute Gasteiger partial charge is 0.342 e. The fraction of sp³-hybridized carbons (Fsp3) is 0.938. The van der Waals surface area contributed by atoms with Gasteiger partial charge in [-0.15, -0.1) is 0 Å². The van der Waals surface area contributed by atoms with Crippen LogP contribution in [0.4, 0.5) is 0 Å². The number of nitrogens with zero attached hydrogens (tertiary/aromatic N) is 2. The molecule has 2 saturated heterocycles. The van der Waals surface area contributed by atoms with Crippen LogP contribution in [0.1, 0.15) is 52.9 Å². The van der Waals surface area contributed by atoms with Crippen LogP contribution in [-0.4, -0.2) is 47.9 Å². The lowest BCUT2D eigenvalue weighted by Gasteiger charge is -2.38. The summed E-state index contributed by atoms with van der Waals surface area (Å²) in [6.07, 6.45) is 5.85. The van der Waals surface area contributed by atoms with E-state index < -0.39 is 0 Å². The summed E-state index contributed by atoms with van der Waals surface area (Å²) in [5.74, 6) is 1.49. The predicted molar refractivity (Wildman–Crippen MR) is 79.0 cm³/mol. The van der Waals surface area contributed by atoms with E-state index in [1.807, 2.05) is 0 Å². The van der Waals surface area contributed by atoms with Crippen molar-refractivity contribution in [2.45, 2.75) is 58.9 Å². The Hall–Kier alpha value is -0.570. The maximum Gasteiger partial charge on any atom is 0.225 e. The number of likely N-dealkylation sites (tertiary alicyclic amines) is 2. The van der Waals surface area contributed by atoms with E-state index in [1.54, 1.807) is 0 Å². The second-order valence-electron chi connectivity index (χ2n) is 6.60. The summed E-state index contributed by atoms with van der Waals surface area (Å²) >= 11 is 0. The lowest BCUT2D eigenvalue weighted by atomic mass is 9.91. The zero-order chi connectivity index (χ0) is 13.8. The molecule has 1 unspecified atom stereocenters. The van der Waals surface area contributed by atoms with E-state index >= 15 is 0 Å². The molecule has 0 aromatic carbocycles. The van der Waals surface area contributed by atoms with E-state index in [4.69, 9.17) is 0 Å². The Bertz CT molecular complexity index is 295. The number of hydrogen-bond donors (Lipinski definition) is 0. The minimum Gasteiger partial charge on any atom is -0.342 e. The molecular formula is C16H30N2O. The van der Waals surface area contributed by atoms with Crippen LogP contribution in [0.3, 0.4) is 0 Å². The van der Waals surface area contributed by atoms with E-state index in [1.165, 1.54) is 19.3 Å². The molecule has 0 aromatic rings. The second kappa shape index (κ2) is 6.74. The van der Waals surface area contributed by atoms with Gasteiger partial charge in [-0.3, -0.25) is 4.79 Å². The Kier molecular flexibility index (Phi) is 5.26. The molecule has 0 spiro atoms. The van der Waals surface area contributed by atoms with Gasteiger partial charge in [-0.1, -0.05) is 13.3 Å². The zero-order valence-electron chi connectivity index (χ0n) is 12.9. The highest BCUT2D eigenvalue weighted by Crippen LogP contribution is 2.25. The van der Waals surface area contributed by atoms with Gasteiger partial charge in [-0.25, -0.2) is 0 Å². The van der Waals surface area contributed by atoms with Gasteiger partial charge in [0.1, 0.15) is 0 Å². The highest BCUT2D eigenvalue weighted by atomic mass is 16.2. The third kappa shape index (κ3) is 3.71. The number of carbonyl (C=O) groups excluding carboxylic acids is 1. The number of piperidine rings is 2. The second-order valence-corrected chi connectivity index (χ2v) is 6.60. The van der Waals surface area contributed by atoms with Gasteiger partial charge < -0.3 is 9.80 Å². The van der Waals surface area contributed by atoms with Gasteiger partial charge in [0, 0.05) is 25.0 Å². The number of amides is 1. The molecule has 2 heterocycles. The van der Waals surface area contributed by atoms with Gasteiger partial charge >= 0.3 is 0 Å². The smallest absolute Gasteiger partial charge is 0.225 e. The molecule has 1 atom stereocenters. The van der Waals surface area contributed by atoms with E-state index in [-0.39, 0.29) is 0 Å². The zero-order valence-corrected chi connectivity index (χ0v) is 12.9. The Morgan fingerprint density at radius 3 is 2.42 bits per heavy atom. The standard InChI is InChI=1S/C16H30N2O/c1-4-14-6-5-9-18(12-14)16(19)15-7-10-17(11-8-15)13(2)3/h13-15H,4-12H2,1-3H3. The van der Waals surface area contributed by atoms with E-state index in [9.17, 15) is 4.79 Å². The van der Waals surface area contributed by atoms with Crippen molar-refractivity contribution in [3.05, 3.63) is 0 Å². The van der Waals surface area contributed by atoms with E-state index in [0.717, 1.165) is 44.9 Å². The van der Waals surface area contributed by atoms with Gasteiger partial charge in [0.05, 0.1) is 0 Å². The third-order valence-electron chi connectivity index (χ3n) is 5.02. The molecule has 0 bridgehead atoms. The van der Waals surface area contributed by atoms with Crippen molar-refractivity contribution in [2.24, 2.45) is 11.8 Å². The summed E-state index contributed by atoms with van der Waals surface area (Å²) in [5.41, 5.74) is 0. The Balaban J connectivity index is 1.83. The van der Waals surface area contributed by atoms with Crippen LogP contribution in [0.25, 0.3) is 0 Å². The van der Waals surface area contributed by atoms with Crippen molar-refractivity contribution < 1.29 is 4.79 Å². The molecule has 110 valence electrons. The average Bonchev–Trinajstić information content (AvgIpc) is 2.46. The van der Waals surface area contributed by atoms with Crippen molar-refractivity contribution in [2.75, 3.05) is 26.2 Å². The monoisotopic (exact) mass is 266 g/mol. The Labute approximate surface area is 118 Å². The molecule has 0 N–H and O–H groups in total. The van der Waals surface area contributed by atoms with Crippen molar-refractivity contribution >= 4 is 5.91 Å². The molecule has 1 amide bonds. The highest BCUT2D eigenvalue weighted by molar-refractivity contribution is 5.79. The van der Waals surface area contributed by atoms with Gasteiger partial charge in [0.15, 0.2) is 0 Å². The molecule has 2 fully saturated rings. The van der Waals surface area contributed by atoms with Crippen LogP contribution in [0, 0.1) is 11.8 Å². The molecule has 19 heavy (non-hydrogen) atoms. The first kappa shape index (κ1) is 14.8. The normalized spacial score (nSPS) is 26.9. The molecule has 0 aromatic heterocycles. The molecule has 3 nitrogen and oxygen atoms in total. The van der Waals surface area contributed by atoms with Gasteiger partial charge in [0.25, 0.3) is 0 Å². The average molecular weight is 266 g/mol. The third-order valence-corrected chi connectivity index (χ3v) is 5.02. The molecular weight excluding hydrogens is 236 g/mol. The fourth-order valence-corrected chi connectivity index (χ4v) is 3.52. The van der Waals surface area contributed by atoms with E-state index in [2.05, 4.69) is 30.6 Å². The molecule has 2 aliphatic heterocycles. The van der Waals surface area contributed by atoms with Crippen LogP contribution in [0.15, 0.2) is 0 Å². The predicted octanol–water partition coefficient (Wildman–Crippen LogP) is 2.76. The summed E-state index contributed by atoms with van der Waals surface area (Å²) in [6, 6.07) is 0.621. The minimum absolute atomic E-state index is 0.297. The lowest BCUT2D eigenvalue weighted by molar-refractivity contribution is -0.139. The topological polar surface area (TPSA) is 23.6 Å². The van der Waals surface area contributed by atoms with Crippen LogP contribution in [0.2, 0.25) is 0 Å². The van der Waals surface area contributed by atoms with Crippen LogP contribution >= 0.6 is 0 Å². The van der Waals surface area contributed by atoms with Gasteiger partial charge in [-0.2, -0.15) is 0 Å². The molecule has 0 radical (unpaired) electrons. The molecule has 2 aliphatic rings. The van der Waals surface area contributed by atoms with Crippen LogP contribution in [-0.2, 0) is 4.79 Å². The quantitative estimate of drug-likeness (QED) is 0.784. The summed E-state index contributed by atoms with van der Waals surface area (Å²) in [6.45, 7) is 11.0. The summed E-state index contributed by atoms with van der Waals surface area (Å²) in [5, 5.41) is 0. The van der Waals surface area contributed by atoms with Crippen LogP contribution < -0.4 is 0 Å².